The molecule has 2 atom stereocenters. The van der Waals surface area contributed by atoms with Gasteiger partial charge in [-0.15, -0.1) is 0 Å². The molecule has 0 saturated carbocycles. The van der Waals surface area contributed by atoms with Gasteiger partial charge in [0, 0.05) is 12.1 Å². The van der Waals surface area contributed by atoms with E-state index in [1.165, 1.54) is 0 Å². The zero-order valence-electron chi connectivity index (χ0n) is 7.77. The number of halogens is 1. The molecule has 0 spiro atoms. The van der Waals surface area contributed by atoms with E-state index in [-0.39, 0.29) is 11.9 Å². The molecule has 3 nitrogen and oxygen atoms in total. The summed E-state index contributed by atoms with van der Waals surface area (Å²) in [6.07, 6.45) is 0. The molecule has 2 N–H and O–H groups in total. The predicted octanol–water partition coefficient (Wildman–Crippen LogP) is 1.18. The molecule has 1 heterocycles. The summed E-state index contributed by atoms with van der Waals surface area (Å²) in [5.41, 5.74) is 6.73. The maximum atomic E-state index is 11.2. The van der Waals surface area contributed by atoms with Crippen LogP contribution < -0.4 is 5.73 Å². The van der Waals surface area contributed by atoms with E-state index in [0.29, 0.717) is 5.02 Å². The Hall–Kier alpha value is -1.06. The second-order valence-electron chi connectivity index (χ2n) is 3.47. The first-order valence-electron chi connectivity index (χ1n) is 4.39. The van der Waals surface area contributed by atoms with Crippen molar-refractivity contribution in [2.45, 2.75) is 12.1 Å². The van der Waals surface area contributed by atoms with Crippen LogP contribution in [0.1, 0.15) is 11.6 Å². The minimum absolute atomic E-state index is 0.000216. The maximum absolute atomic E-state index is 11.2. The number of rotatable bonds is 1. The van der Waals surface area contributed by atoms with Gasteiger partial charge in [0.15, 0.2) is 0 Å². The second-order valence-corrected chi connectivity index (χ2v) is 3.91. The van der Waals surface area contributed by atoms with Crippen LogP contribution in [0.25, 0.3) is 0 Å². The molecule has 1 aromatic rings. The van der Waals surface area contributed by atoms with E-state index in [4.69, 9.17) is 17.3 Å². The predicted molar refractivity (Wildman–Crippen MR) is 54.9 cm³/mol. The highest BCUT2D eigenvalue weighted by Crippen LogP contribution is 2.32. The molecule has 2 unspecified atom stereocenters. The number of nitrogens with two attached hydrogens (primary N) is 1. The minimum Gasteiger partial charge on any atom is -0.335 e. The fraction of sp³-hybridized carbons (Fsp3) is 0.300. The van der Waals surface area contributed by atoms with Gasteiger partial charge in [-0.25, -0.2) is 0 Å². The molecule has 1 aliphatic heterocycles. The molecule has 1 aliphatic rings. The Bertz CT molecular complexity index is 351. The van der Waals surface area contributed by atoms with Gasteiger partial charge < -0.3 is 10.6 Å². The Balaban J connectivity index is 2.24. The minimum atomic E-state index is -0.402. The normalized spacial score (nSPS) is 26.2. The monoisotopic (exact) mass is 210 g/mol. The molecular formula is C10H11ClN2O. The van der Waals surface area contributed by atoms with Crippen molar-refractivity contribution in [2.24, 2.45) is 5.73 Å². The van der Waals surface area contributed by atoms with E-state index in [2.05, 4.69) is 0 Å². The lowest BCUT2D eigenvalue weighted by Crippen LogP contribution is -2.61. The van der Waals surface area contributed by atoms with Gasteiger partial charge in [0.1, 0.15) is 6.04 Å². The molecule has 2 rings (SSSR count). The topological polar surface area (TPSA) is 46.3 Å². The van der Waals surface area contributed by atoms with E-state index in [0.717, 1.165) is 5.56 Å². The summed E-state index contributed by atoms with van der Waals surface area (Å²) in [7, 11) is 1.75. The fourth-order valence-corrected chi connectivity index (χ4v) is 1.88. The zero-order chi connectivity index (χ0) is 10.3. The van der Waals surface area contributed by atoms with Gasteiger partial charge in [-0.3, -0.25) is 4.79 Å². The van der Waals surface area contributed by atoms with Crippen LogP contribution in [0.5, 0.6) is 0 Å². The highest BCUT2D eigenvalue weighted by atomic mass is 35.5. The van der Waals surface area contributed by atoms with Crippen molar-refractivity contribution in [1.29, 1.82) is 0 Å². The fourth-order valence-electron chi connectivity index (χ4n) is 1.76. The van der Waals surface area contributed by atoms with Crippen molar-refractivity contribution in [1.82, 2.24) is 4.90 Å². The summed E-state index contributed by atoms with van der Waals surface area (Å²) in [5.74, 6) is -0.00931. The van der Waals surface area contributed by atoms with Crippen LogP contribution in [-0.4, -0.2) is 23.9 Å². The van der Waals surface area contributed by atoms with E-state index in [9.17, 15) is 4.79 Å². The molecule has 1 aromatic carbocycles. The Morgan fingerprint density at radius 1 is 1.36 bits per heavy atom. The van der Waals surface area contributed by atoms with Crippen molar-refractivity contribution in [3.05, 3.63) is 34.9 Å². The molecule has 74 valence electrons. The number of carbonyl (C=O) groups is 1. The van der Waals surface area contributed by atoms with Crippen LogP contribution in [0, 0.1) is 0 Å². The SMILES string of the molecule is CN1C(=O)C(N)C1c1ccc(Cl)cc1. The third-order valence-electron chi connectivity index (χ3n) is 2.60. The van der Waals surface area contributed by atoms with Gasteiger partial charge in [-0.05, 0) is 17.7 Å². The number of amides is 1. The highest BCUT2D eigenvalue weighted by Gasteiger charge is 2.42. The van der Waals surface area contributed by atoms with Gasteiger partial charge in [-0.2, -0.15) is 0 Å². The number of β-lactam (4-membered cyclic amide) rings is 1. The van der Waals surface area contributed by atoms with Crippen molar-refractivity contribution < 1.29 is 4.79 Å². The Kier molecular flexibility index (Phi) is 2.21. The van der Waals surface area contributed by atoms with Crippen LogP contribution in [0.3, 0.4) is 0 Å². The highest BCUT2D eigenvalue weighted by molar-refractivity contribution is 6.30. The molecule has 1 amide bonds. The first-order valence-corrected chi connectivity index (χ1v) is 4.77. The van der Waals surface area contributed by atoms with Crippen LogP contribution in [0.4, 0.5) is 0 Å². The first-order chi connectivity index (χ1) is 6.61. The van der Waals surface area contributed by atoms with Crippen LogP contribution in [-0.2, 0) is 4.79 Å². The number of benzene rings is 1. The van der Waals surface area contributed by atoms with Crippen molar-refractivity contribution in [3.8, 4) is 0 Å². The summed E-state index contributed by atoms with van der Waals surface area (Å²) >= 11 is 5.77. The van der Waals surface area contributed by atoms with Crippen LogP contribution in [0.2, 0.25) is 5.02 Å². The zero-order valence-corrected chi connectivity index (χ0v) is 8.53. The molecule has 0 radical (unpaired) electrons. The molecule has 1 fully saturated rings. The molecule has 1 saturated heterocycles. The lowest BCUT2D eigenvalue weighted by atomic mass is 9.90. The number of hydrogen-bond donors (Lipinski definition) is 1. The quantitative estimate of drug-likeness (QED) is 0.708. The molecule has 14 heavy (non-hydrogen) atoms. The van der Waals surface area contributed by atoms with E-state index < -0.39 is 6.04 Å². The smallest absolute Gasteiger partial charge is 0.242 e. The van der Waals surface area contributed by atoms with Crippen LogP contribution >= 0.6 is 11.6 Å². The van der Waals surface area contributed by atoms with Crippen molar-refractivity contribution in [3.63, 3.8) is 0 Å². The number of carbonyl (C=O) groups excluding carboxylic acids is 1. The molecule has 0 aromatic heterocycles. The number of likely N-dealkylation sites (tertiary alicyclic amines) is 1. The Morgan fingerprint density at radius 3 is 2.43 bits per heavy atom. The van der Waals surface area contributed by atoms with Gasteiger partial charge in [0.05, 0.1) is 6.04 Å². The molecule has 4 heteroatoms. The van der Waals surface area contributed by atoms with E-state index in [1.54, 1.807) is 24.1 Å². The molecule has 0 aliphatic carbocycles. The lowest BCUT2D eigenvalue weighted by Gasteiger charge is -2.43. The summed E-state index contributed by atoms with van der Waals surface area (Å²) in [6, 6.07) is 7.01. The third kappa shape index (κ3) is 1.29. The lowest BCUT2D eigenvalue weighted by molar-refractivity contribution is -0.146. The standard InChI is InChI=1S/C10H11ClN2O/c1-13-9(8(12)10(13)14)6-2-4-7(11)5-3-6/h2-5,8-9H,12H2,1H3. The van der Waals surface area contributed by atoms with Crippen molar-refractivity contribution in [2.75, 3.05) is 7.05 Å². The summed E-state index contributed by atoms with van der Waals surface area (Å²) in [4.78, 5) is 12.8. The molecular weight excluding hydrogens is 200 g/mol. The summed E-state index contributed by atoms with van der Waals surface area (Å²) in [5, 5.41) is 0.690. The van der Waals surface area contributed by atoms with Gasteiger partial charge in [0.2, 0.25) is 5.91 Å². The van der Waals surface area contributed by atoms with Gasteiger partial charge >= 0.3 is 0 Å². The van der Waals surface area contributed by atoms with Gasteiger partial charge in [0.25, 0.3) is 0 Å². The molecule has 0 bridgehead atoms. The third-order valence-corrected chi connectivity index (χ3v) is 2.85. The van der Waals surface area contributed by atoms with E-state index in [1.807, 2.05) is 12.1 Å². The first kappa shape index (κ1) is 9.49. The maximum Gasteiger partial charge on any atom is 0.242 e. The average Bonchev–Trinajstić information content (AvgIpc) is 2.21. The Morgan fingerprint density at radius 2 is 1.93 bits per heavy atom. The Labute approximate surface area is 87.4 Å². The summed E-state index contributed by atoms with van der Waals surface area (Å²) < 4.78 is 0. The number of hydrogen-bond acceptors (Lipinski definition) is 2. The van der Waals surface area contributed by atoms with Gasteiger partial charge in [-0.1, -0.05) is 23.7 Å². The summed E-state index contributed by atoms with van der Waals surface area (Å²) in [6.45, 7) is 0. The van der Waals surface area contributed by atoms with E-state index >= 15 is 0 Å². The number of nitrogens with zero attached hydrogens (tertiary/aromatic N) is 1. The average molecular weight is 211 g/mol. The second kappa shape index (κ2) is 3.26. The largest absolute Gasteiger partial charge is 0.335 e. The van der Waals surface area contributed by atoms with Crippen molar-refractivity contribution >= 4 is 17.5 Å². The number of likely N-dealkylation sites (N-methyl/N-ethyl adjacent to an activating group) is 1. The van der Waals surface area contributed by atoms with Crippen LogP contribution in [0.15, 0.2) is 24.3 Å².